The summed E-state index contributed by atoms with van der Waals surface area (Å²) in [7, 11) is -3.63. The van der Waals surface area contributed by atoms with E-state index in [1.165, 1.54) is 0 Å². The molecule has 0 fully saturated rings. The lowest BCUT2D eigenvalue weighted by Crippen LogP contribution is -2.38. The number of nitrogens with one attached hydrogen (secondary N) is 2. The van der Waals surface area contributed by atoms with E-state index in [2.05, 4.69) is 10.0 Å². The molecule has 0 atom stereocenters. The molecule has 0 aliphatic carbocycles. The van der Waals surface area contributed by atoms with E-state index < -0.39 is 39.9 Å². The van der Waals surface area contributed by atoms with Crippen LogP contribution in [0.3, 0.4) is 0 Å². The van der Waals surface area contributed by atoms with Crippen molar-refractivity contribution in [3.63, 3.8) is 0 Å². The second-order valence-electron chi connectivity index (χ2n) is 4.79. The van der Waals surface area contributed by atoms with Crippen LogP contribution in [0, 0.1) is 0 Å². The van der Waals surface area contributed by atoms with E-state index >= 15 is 0 Å². The van der Waals surface area contributed by atoms with Crippen LogP contribution >= 0.6 is 0 Å². The fourth-order valence-electron chi connectivity index (χ4n) is 0.979. The first kappa shape index (κ1) is 17.6. The van der Waals surface area contributed by atoms with E-state index in [0.29, 0.717) is 0 Å². The fraction of sp³-hybridized carbons (Fsp3) is 0.800. The number of rotatable bonds is 7. The van der Waals surface area contributed by atoms with E-state index in [-0.39, 0.29) is 13.1 Å². The molecular weight excluding hydrogens is 276 g/mol. The minimum Gasteiger partial charge on any atom is -0.481 e. The first-order chi connectivity index (χ1) is 8.52. The van der Waals surface area contributed by atoms with Crippen molar-refractivity contribution < 1.29 is 27.9 Å². The van der Waals surface area contributed by atoms with Crippen molar-refractivity contribution in [1.82, 2.24) is 10.0 Å². The number of hydrogen-bond acceptors (Lipinski definition) is 5. The van der Waals surface area contributed by atoms with Gasteiger partial charge in [0.05, 0.1) is 12.2 Å². The Labute approximate surface area is 112 Å². The number of carbonyl (C=O) groups excluding carboxylic acids is 1. The van der Waals surface area contributed by atoms with Gasteiger partial charge in [0, 0.05) is 13.1 Å². The zero-order valence-corrected chi connectivity index (χ0v) is 12.0. The lowest BCUT2D eigenvalue weighted by atomic mass is 10.2. The zero-order chi connectivity index (χ0) is 15.1. The van der Waals surface area contributed by atoms with E-state index in [1.807, 2.05) is 0 Å². The molecule has 3 N–H and O–H groups in total. The van der Waals surface area contributed by atoms with Crippen LogP contribution in [0.1, 0.15) is 27.2 Å². The van der Waals surface area contributed by atoms with Crippen molar-refractivity contribution in [3.8, 4) is 0 Å². The molecule has 0 saturated carbocycles. The Morgan fingerprint density at radius 3 is 2.26 bits per heavy atom. The molecular formula is C10H20N2O6S. The molecule has 0 unspecified atom stereocenters. The van der Waals surface area contributed by atoms with Gasteiger partial charge in [-0.05, 0) is 20.8 Å². The van der Waals surface area contributed by atoms with Gasteiger partial charge in [0.1, 0.15) is 5.60 Å². The van der Waals surface area contributed by atoms with Crippen LogP contribution < -0.4 is 10.0 Å². The summed E-state index contributed by atoms with van der Waals surface area (Å²) in [4.78, 5) is 21.4. The average Bonchev–Trinajstić information content (AvgIpc) is 2.19. The van der Waals surface area contributed by atoms with Crippen molar-refractivity contribution >= 4 is 22.1 Å². The third-order valence-corrected chi connectivity index (χ3v) is 3.09. The van der Waals surface area contributed by atoms with Crippen LogP contribution in [0.5, 0.6) is 0 Å². The van der Waals surface area contributed by atoms with Crippen LogP contribution in [0.15, 0.2) is 0 Å². The topological polar surface area (TPSA) is 122 Å². The molecule has 0 aromatic carbocycles. The molecule has 0 aliphatic heterocycles. The Bertz CT molecular complexity index is 412. The first-order valence-corrected chi connectivity index (χ1v) is 7.33. The Morgan fingerprint density at radius 2 is 1.79 bits per heavy atom. The van der Waals surface area contributed by atoms with Crippen molar-refractivity contribution in [2.75, 3.05) is 18.8 Å². The average molecular weight is 296 g/mol. The van der Waals surface area contributed by atoms with Crippen molar-refractivity contribution in [2.24, 2.45) is 0 Å². The largest absolute Gasteiger partial charge is 0.481 e. The van der Waals surface area contributed by atoms with E-state index in [4.69, 9.17) is 9.84 Å². The predicted octanol–water partition coefficient (Wildman–Crippen LogP) is -0.0948. The Balaban J connectivity index is 3.86. The molecule has 1 amide bonds. The Kier molecular flexibility index (Phi) is 6.77. The van der Waals surface area contributed by atoms with Crippen LogP contribution in [0.25, 0.3) is 0 Å². The molecule has 0 rings (SSSR count). The number of amides is 1. The Morgan fingerprint density at radius 1 is 1.21 bits per heavy atom. The normalized spacial score (nSPS) is 11.9. The maximum Gasteiger partial charge on any atom is 0.407 e. The quantitative estimate of drug-likeness (QED) is 0.564. The third kappa shape index (κ3) is 11.5. The van der Waals surface area contributed by atoms with Gasteiger partial charge in [-0.3, -0.25) is 4.79 Å². The monoisotopic (exact) mass is 296 g/mol. The summed E-state index contributed by atoms with van der Waals surface area (Å²) in [5, 5.41) is 10.7. The summed E-state index contributed by atoms with van der Waals surface area (Å²) in [6.45, 7) is 5.16. The van der Waals surface area contributed by atoms with Gasteiger partial charge in [0.2, 0.25) is 10.0 Å². The summed E-state index contributed by atoms with van der Waals surface area (Å²) in [5.74, 6) is -1.67. The smallest absolute Gasteiger partial charge is 0.407 e. The van der Waals surface area contributed by atoms with Gasteiger partial charge in [0.25, 0.3) is 0 Å². The molecule has 0 aromatic heterocycles. The highest BCUT2D eigenvalue weighted by molar-refractivity contribution is 7.89. The Hall–Kier alpha value is -1.35. The third-order valence-electron chi connectivity index (χ3n) is 1.70. The maximum atomic E-state index is 11.3. The minimum atomic E-state index is -3.63. The van der Waals surface area contributed by atoms with Crippen molar-refractivity contribution in [2.45, 2.75) is 32.8 Å². The number of carboxylic acids is 1. The molecule has 0 spiro atoms. The van der Waals surface area contributed by atoms with Gasteiger partial charge in [-0.2, -0.15) is 0 Å². The molecule has 0 bridgehead atoms. The predicted molar refractivity (Wildman–Crippen MR) is 68.3 cm³/mol. The first-order valence-electron chi connectivity index (χ1n) is 5.68. The van der Waals surface area contributed by atoms with Gasteiger partial charge >= 0.3 is 12.1 Å². The van der Waals surface area contributed by atoms with Gasteiger partial charge in [-0.15, -0.1) is 0 Å². The number of ether oxygens (including phenoxy) is 1. The van der Waals surface area contributed by atoms with Crippen LogP contribution in [0.2, 0.25) is 0 Å². The van der Waals surface area contributed by atoms with Gasteiger partial charge in [-0.1, -0.05) is 0 Å². The highest BCUT2D eigenvalue weighted by Gasteiger charge is 2.16. The lowest BCUT2D eigenvalue weighted by Gasteiger charge is -2.19. The molecule has 9 heteroatoms. The molecule has 0 radical (unpaired) electrons. The van der Waals surface area contributed by atoms with Crippen LogP contribution in [0.4, 0.5) is 4.79 Å². The second kappa shape index (κ2) is 7.29. The number of alkyl carbamates (subject to hydrolysis) is 1. The SMILES string of the molecule is CC(C)(C)OC(=O)NCCNS(=O)(=O)CCC(=O)O. The number of hydrogen-bond donors (Lipinski definition) is 3. The summed E-state index contributed by atoms with van der Waals surface area (Å²) in [5.41, 5.74) is -0.620. The van der Waals surface area contributed by atoms with E-state index in [0.717, 1.165) is 0 Å². The van der Waals surface area contributed by atoms with Crippen molar-refractivity contribution in [3.05, 3.63) is 0 Å². The molecule has 8 nitrogen and oxygen atoms in total. The van der Waals surface area contributed by atoms with Gasteiger partial charge in [0.15, 0.2) is 0 Å². The molecule has 0 heterocycles. The molecule has 0 saturated heterocycles. The number of sulfonamides is 1. The van der Waals surface area contributed by atoms with Crippen LogP contribution in [-0.4, -0.2) is 50.0 Å². The van der Waals surface area contributed by atoms with E-state index in [9.17, 15) is 18.0 Å². The van der Waals surface area contributed by atoms with Crippen LogP contribution in [-0.2, 0) is 19.6 Å². The fourth-order valence-corrected chi connectivity index (χ4v) is 1.98. The summed E-state index contributed by atoms with van der Waals surface area (Å²) in [6, 6.07) is 0. The van der Waals surface area contributed by atoms with Gasteiger partial charge < -0.3 is 15.2 Å². The van der Waals surface area contributed by atoms with E-state index in [1.54, 1.807) is 20.8 Å². The number of carbonyl (C=O) groups is 2. The maximum absolute atomic E-state index is 11.3. The minimum absolute atomic E-state index is 0.0266. The van der Waals surface area contributed by atoms with Gasteiger partial charge in [-0.25, -0.2) is 17.9 Å². The molecule has 19 heavy (non-hydrogen) atoms. The summed E-state index contributed by atoms with van der Waals surface area (Å²) < 4.78 is 29.7. The summed E-state index contributed by atoms with van der Waals surface area (Å²) >= 11 is 0. The summed E-state index contributed by atoms with van der Waals surface area (Å²) in [6.07, 6.45) is -1.10. The van der Waals surface area contributed by atoms with Crippen molar-refractivity contribution in [1.29, 1.82) is 0 Å². The molecule has 112 valence electrons. The highest BCUT2D eigenvalue weighted by atomic mass is 32.2. The molecule has 0 aliphatic rings. The zero-order valence-electron chi connectivity index (χ0n) is 11.2. The second-order valence-corrected chi connectivity index (χ2v) is 6.71. The lowest BCUT2D eigenvalue weighted by molar-refractivity contribution is -0.136. The number of carboxylic acid groups (broad SMARTS) is 1. The standard InChI is InChI=1S/C10H20N2O6S/c1-10(2,3)18-9(15)11-5-6-12-19(16,17)7-4-8(13)14/h12H,4-7H2,1-3H3,(H,11,15)(H,13,14). The highest BCUT2D eigenvalue weighted by Crippen LogP contribution is 2.05. The molecule has 0 aromatic rings. The number of aliphatic carboxylic acids is 1.